The zero-order valence-corrected chi connectivity index (χ0v) is 13.5. The number of amides is 2. The highest BCUT2D eigenvalue weighted by molar-refractivity contribution is 6.06. The fourth-order valence-corrected chi connectivity index (χ4v) is 2.22. The van der Waals surface area contributed by atoms with Crippen LogP contribution in [0, 0.1) is 0 Å². The summed E-state index contributed by atoms with van der Waals surface area (Å²) in [5.41, 5.74) is 1.52. The second kappa shape index (κ2) is 8.08. The number of carbonyl (C=O) groups is 2. The molecule has 0 radical (unpaired) electrons. The van der Waals surface area contributed by atoms with Crippen molar-refractivity contribution in [3.05, 3.63) is 59.9 Å². The van der Waals surface area contributed by atoms with E-state index in [1.54, 1.807) is 17.0 Å². The van der Waals surface area contributed by atoms with Crippen molar-refractivity contribution < 1.29 is 9.59 Å². The average molecular weight is 311 g/mol. The van der Waals surface area contributed by atoms with Crippen LogP contribution in [0.3, 0.4) is 0 Å². The number of nitrogens with one attached hydrogen (secondary N) is 1. The van der Waals surface area contributed by atoms with Gasteiger partial charge in [0.1, 0.15) is 5.69 Å². The number of hydrogen-bond acceptors (Lipinski definition) is 3. The Balaban J connectivity index is 2.23. The van der Waals surface area contributed by atoms with E-state index in [1.165, 1.54) is 6.20 Å². The van der Waals surface area contributed by atoms with Gasteiger partial charge < -0.3 is 10.2 Å². The van der Waals surface area contributed by atoms with Crippen LogP contribution in [0.2, 0.25) is 0 Å². The summed E-state index contributed by atoms with van der Waals surface area (Å²) in [6.07, 6.45) is 2.35. The van der Waals surface area contributed by atoms with Crippen LogP contribution in [-0.2, 0) is 0 Å². The molecule has 0 fully saturated rings. The van der Waals surface area contributed by atoms with Gasteiger partial charge in [-0.2, -0.15) is 0 Å². The zero-order chi connectivity index (χ0) is 16.7. The molecule has 1 N–H and O–H groups in total. The Labute approximate surface area is 136 Å². The molecule has 0 aliphatic carbocycles. The summed E-state index contributed by atoms with van der Waals surface area (Å²) in [6, 6.07) is 12.6. The SMILES string of the molecule is CCCNC(=O)c1ccnc(C(=O)N(CC)c2ccccc2)c1. The van der Waals surface area contributed by atoms with Gasteiger partial charge in [-0.05, 0) is 37.6 Å². The number of anilines is 1. The average Bonchev–Trinajstić information content (AvgIpc) is 2.61. The third-order valence-corrected chi connectivity index (χ3v) is 3.41. The van der Waals surface area contributed by atoms with E-state index < -0.39 is 0 Å². The molecule has 2 aromatic rings. The molecule has 0 unspecified atom stereocenters. The molecular weight excluding hydrogens is 290 g/mol. The largest absolute Gasteiger partial charge is 0.352 e. The minimum atomic E-state index is -0.219. The smallest absolute Gasteiger partial charge is 0.276 e. The summed E-state index contributed by atoms with van der Waals surface area (Å²) in [4.78, 5) is 30.5. The lowest BCUT2D eigenvalue weighted by molar-refractivity contribution is 0.0953. The summed E-state index contributed by atoms with van der Waals surface area (Å²) in [5.74, 6) is -0.407. The molecule has 2 amide bonds. The summed E-state index contributed by atoms with van der Waals surface area (Å²) >= 11 is 0. The molecule has 1 aromatic heterocycles. The van der Waals surface area contributed by atoms with Gasteiger partial charge in [0.05, 0.1) is 0 Å². The van der Waals surface area contributed by atoms with Crippen LogP contribution in [0.25, 0.3) is 0 Å². The molecule has 120 valence electrons. The van der Waals surface area contributed by atoms with Crippen LogP contribution >= 0.6 is 0 Å². The summed E-state index contributed by atoms with van der Waals surface area (Å²) in [5, 5.41) is 2.80. The van der Waals surface area contributed by atoms with E-state index in [9.17, 15) is 9.59 Å². The molecule has 1 heterocycles. The van der Waals surface area contributed by atoms with Crippen molar-refractivity contribution in [1.29, 1.82) is 0 Å². The van der Waals surface area contributed by atoms with E-state index in [0.29, 0.717) is 18.7 Å². The monoisotopic (exact) mass is 311 g/mol. The number of hydrogen-bond donors (Lipinski definition) is 1. The summed E-state index contributed by atoms with van der Waals surface area (Å²) in [6.45, 7) is 5.02. The Morgan fingerprint density at radius 1 is 1.13 bits per heavy atom. The molecule has 0 spiro atoms. The first kappa shape index (κ1) is 16.7. The van der Waals surface area contributed by atoms with Crippen molar-refractivity contribution in [2.75, 3.05) is 18.0 Å². The van der Waals surface area contributed by atoms with Crippen molar-refractivity contribution in [1.82, 2.24) is 10.3 Å². The van der Waals surface area contributed by atoms with E-state index in [1.807, 2.05) is 44.2 Å². The Hall–Kier alpha value is -2.69. The highest BCUT2D eigenvalue weighted by Crippen LogP contribution is 2.16. The quantitative estimate of drug-likeness (QED) is 0.892. The number of nitrogens with zero attached hydrogens (tertiary/aromatic N) is 2. The normalized spacial score (nSPS) is 10.2. The van der Waals surface area contributed by atoms with Crippen molar-refractivity contribution in [3.63, 3.8) is 0 Å². The second-order valence-corrected chi connectivity index (χ2v) is 5.07. The van der Waals surface area contributed by atoms with Crippen LogP contribution in [0.5, 0.6) is 0 Å². The number of para-hydroxylation sites is 1. The Morgan fingerprint density at radius 3 is 2.52 bits per heavy atom. The number of rotatable bonds is 6. The lowest BCUT2D eigenvalue weighted by atomic mass is 10.2. The topological polar surface area (TPSA) is 62.3 Å². The van der Waals surface area contributed by atoms with E-state index in [2.05, 4.69) is 10.3 Å². The summed E-state index contributed by atoms with van der Waals surface area (Å²) < 4.78 is 0. The molecule has 2 rings (SSSR count). The Morgan fingerprint density at radius 2 is 1.87 bits per heavy atom. The molecule has 5 heteroatoms. The standard InChI is InChI=1S/C18H21N3O2/c1-3-11-20-17(22)14-10-12-19-16(13-14)18(23)21(4-2)15-8-6-5-7-9-15/h5-10,12-13H,3-4,11H2,1-2H3,(H,20,22). The molecule has 1 aromatic carbocycles. The van der Waals surface area contributed by atoms with Gasteiger partial charge in [0, 0.05) is 30.5 Å². The number of carbonyl (C=O) groups excluding carboxylic acids is 2. The first-order valence-corrected chi connectivity index (χ1v) is 7.78. The van der Waals surface area contributed by atoms with Crippen LogP contribution in [-0.4, -0.2) is 29.9 Å². The first-order valence-electron chi connectivity index (χ1n) is 7.78. The third-order valence-electron chi connectivity index (χ3n) is 3.41. The maximum absolute atomic E-state index is 12.7. The van der Waals surface area contributed by atoms with Crippen molar-refractivity contribution in [3.8, 4) is 0 Å². The van der Waals surface area contributed by atoms with Gasteiger partial charge in [-0.1, -0.05) is 25.1 Å². The molecule has 0 aliphatic heterocycles. The third kappa shape index (κ3) is 4.16. The first-order chi connectivity index (χ1) is 11.2. The van der Waals surface area contributed by atoms with Gasteiger partial charge in [-0.15, -0.1) is 0 Å². The van der Waals surface area contributed by atoms with Crippen LogP contribution in [0.1, 0.15) is 41.1 Å². The maximum atomic E-state index is 12.7. The van der Waals surface area contributed by atoms with E-state index >= 15 is 0 Å². The van der Waals surface area contributed by atoms with Crippen molar-refractivity contribution >= 4 is 17.5 Å². The molecule has 0 bridgehead atoms. The predicted molar refractivity (Wildman–Crippen MR) is 90.7 cm³/mol. The molecule has 5 nitrogen and oxygen atoms in total. The molecule has 0 atom stereocenters. The predicted octanol–water partition coefficient (Wildman–Crippen LogP) is 2.89. The van der Waals surface area contributed by atoms with E-state index in [0.717, 1.165) is 12.1 Å². The van der Waals surface area contributed by atoms with E-state index in [4.69, 9.17) is 0 Å². The molecule has 23 heavy (non-hydrogen) atoms. The van der Waals surface area contributed by atoms with Gasteiger partial charge in [0.15, 0.2) is 0 Å². The van der Waals surface area contributed by atoms with E-state index in [-0.39, 0.29) is 17.5 Å². The van der Waals surface area contributed by atoms with Crippen LogP contribution in [0.15, 0.2) is 48.7 Å². The molecule has 0 saturated heterocycles. The summed E-state index contributed by atoms with van der Waals surface area (Å²) in [7, 11) is 0. The fourth-order valence-electron chi connectivity index (χ4n) is 2.22. The second-order valence-electron chi connectivity index (χ2n) is 5.07. The van der Waals surface area contributed by atoms with Gasteiger partial charge in [0.2, 0.25) is 0 Å². The Kier molecular flexibility index (Phi) is 5.86. The highest BCUT2D eigenvalue weighted by atomic mass is 16.2. The van der Waals surface area contributed by atoms with Gasteiger partial charge in [-0.3, -0.25) is 14.6 Å². The zero-order valence-electron chi connectivity index (χ0n) is 13.5. The highest BCUT2D eigenvalue weighted by Gasteiger charge is 2.18. The minimum Gasteiger partial charge on any atom is -0.352 e. The molecular formula is C18H21N3O2. The minimum absolute atomic E-state index is 0.189. The molecule has 0 saturated carbocycles. The number of pyridine rings is 1. The Bertz CT molecular complexity index is 671. The van der Waals surface area contributed by atoms with Gasteiger partial charge >= 0.3 is 0 Å². The number of benzene rings is 1. The molecule has 0 aliphatic rings. The lowest BCUT2D eigenvalue weighted by Gasteiger charge is -2.20. The van der Waals surface area contributed by atoms with Crippen LogP contribution < -0.4 is 10.2 Å². The number of aromatic nitrogens is 1. The van der Waals surface area contributed by atoms with Crippen molar-refractivity contribution in [2.45, 2.75) is 20.3 Å². The fraction of sp³-hybridized carbons (Fsp3) is 0.278. The van der Waals surface area contributed by atoms with Crippen molar-refractivity contribution in [2.24, 2.45) is 0 Å². The maximum Gasteiger partial charge on any atom is 0.276 e. The lowest BCUT2D eigenvalue weighted by Crippen LogP contribution is -2.31. The van der Waals surface area contributed by atoms with Crippen LogP contribution in [0.4, 0.5) is 5.69 Å². The van der Waals surface area contributed by atoms with Gasteiger partial charge in [0.25, 0.3) is 11.8 Å². The van der Waals surface area contributed by atoms with Gasteiger partial charge in [-0.25, -0.2) is 0 Å².